The number of hydrogen-bond donors (Lipinski definition) is 1. The average Bonchev–Trinajstić information content (AvgIpc) is 3.17. The predicted molar refractivity (Wildman–Crippen MR) is 112 cm³/mol. The molecule has 4 rings (SSSR count). The van der Waals surface area contributed by atoms with Gasteiger partial charge in [0.25, 0.3) is 5.91 Å². The van der Waals surface area contributed by atoms with Crippen LogP contribution in [-0.4, -0.2) is 33.7 Å². The predicted octanol–water partition coefficient (Wildman–Crippen LogP) is 4.17. The fourth-order valence-corrected chi connectivity index (χ4v) is 3.26. The zero-order valence-electron chi connectivity index (χ0n) is 15.8. The lowest BCUT2D eigenvalue weighted by molar-refractivity contribution is 0.0945. The van der Waals surface area contributed by atoms with Gasteiger partial charge in [0, 0.05) is 16.8 Å². The number of para-hydroxylation sites is 1. The Morgan fingerprint density at radius 2 is 1.97 bits per heavy atom. The topological polar surface area (TPSA) is 68.5 Å². The summed E-state index contributed by atoms with van der Waals surface area (Å²) < 4.78 is 7.27. The van der Waals surface area contributed by atoms with Crippen molar-refractivity contribution in [2.24, 2.45) is 0 Å². The van der Waals surface area contributed by atoms with Crippen LogP contribution >= 0.6 is 11.6 Å². The van der Waals surface area contributed by atoms with Gasteiger partial charge in [0.15, 0.2) is 5.65 Å². The molecule has 2 heterocycles. The Kier molecular flexibility index (Phi) is 5.44. The molecule has 29 heavy (non-hydrogen) atoms. The third-order valence-corrected chi connectivity index (χ3v) is 4.78. The summed E-state index contributed by atoms with van der Waals surface area (Å²) in [6.07, 6.45) is 3.31. The Morgan fingerprint density at radius 1 is 1.14 bits per heavy atom. The van der Waals surface area contributed by atoms with Crippen LogP contribution < -0.4 is 10.1 Å². The van der Waals surface area contributed by atoms with Crippen LogP contribution in [0.15, 0.2) is 67.0 Å². The zero-order valence-corrected chi connectivity index (χ0v) is 16.6. The maximum absolute atomic E-state index is 12.6. The van der Waals surface area contributed by atoms with Crippen LogP contribution in [0, 0.1) is 6.92 Å². The van der Waals surface area contributed by atoms with E-state index in [9.17, 15) is 4.79 Å². The first-order chi connectivity index (χ1) is 14.1. The van der Waals surface area contributed by atoms with Crippen LogP contribution in [0.25, 0.3) is 16.8 Å². The Labute approximate surface area is 173 Å². The van der Waals surface area contributed by atoms with Crippen molar-refractivity contribution in [3.63, 3.8) is 0 Å². The van der Waals surface area contributed by atoms with Gasteiger partial charge in [0.2, 0.25) is 0 Å². The van der Waals surface area contributed by atoms with E-state index in [1.807, 2.05) is 61.5 Å². The van der Waals surface area contributed by atoms with Crippen LogP contribution in [0.2, 0.25) is 5.02 Å². The van der Waals surface area contributed by atoms with Gasteiger partial charge >= 0.3 is 0 Å². The second-order valence-corrected chi connectivity index (χ2v) is 6.92. The first-order valence-corrected chi connectivity index (χ1v) is 9.56. The lowest BCUT2D eigenvalue weighted by Crippen LogP contribution is -2.29. The molecule has 6 nitrogen and oxygen atoms in total. The number of carbonyl (C=O) groups excluding carboxylic acids is 1. The number of ether oxygens (including phenoxy) is 1. The van der Waals surface area contributed by atoms with Crippen molar-refractivity contribution in [1.82, 2.24) is 19.9 Å². The number of halogens is 1. The third kappa shape index (κ3) is 4.07. The summed E-state index contributed by atoms with van der Waals surface area (Å²) in [6, 6.07) is 17.0. The highest BCUT2D eigenvalue weighted by atomic mass is 35.5. The van der Waals surface area contributed by atoms with Gasteiger partial charge in [-0.3, -0.25) is 4.79 Å². The fraction of sp³-hybridized carbons (Fsp3) is 0.136. The van der Waals surface area contributed by atoms with Crippen molar-refractivity contribution < 1.29 is 9.53 Å². The summed E-state index contributed by atoms with van der Waals surface area (Å²) in [5.41, 5.74) is 3.64. The van der Waals surface area contributed by atoms with Gasteiger partial charge in [-0.1, -0.05) is 41.9 Å². The van der Waals surface area contributed by atoms with Crippen molar-refractivity contribution >= 4 is 23.2 Å². The minimum atomic E-state index is -0.214. The molecule has 4 aromatic rings. The maximum Gasteiger partial charge on any atom is 0.254 e. The van der Waals surface area contributed by atoms with Crippen molar-refractivity contribution in [1.29, 1.82) is 0 Å². The van der Waals surface area contributed by atoms with Crippen molar-refractivity contribution in [2.75, 3.05) is 13.2 Å². The summed E-state index contributed by atoms with van der Waals surface area (Å²) in [7, 11) is 0. The molecule has 0 aliphatic carbocycles. The molecule has 0 aliphatic heterocycles. The molecule has 2 aromatic heterocycles. The molecule has 1 amide bonds. The highest BCUT2D eigenvalue weighted by Crippen LogP contribution is 2.26. The van der Waals surface area contributed by atoms with E-state index in [2.05, 4.69) is 15.4 Å². The molecule has 0 spiro atoms. The molecular weight excluding hydrogens is 388 g/mol. The average molecular weight is 407 g/mol. The van der Waals surface area contributed by atoms with Gasteiger partial charge < -0.3 is 10.1 Å². The van der Waals surface area contributed by atoms with Gasteiger partial charge in [-0.05, 0) is 36.8 Å². The molecule has 0 bridgehead atoms. The molecule has 7 heteroatoms. The second kappa shape index (κ2) is 8.32. The Balaban J connectivity index is 1.48. The number of carbonyl (C=O) groups is 1. The van der Waals surface area contributed by atoms with Crippen LogP contribution in [0.4, 0.5) is 0 Å². The second-order valence-electron chi connectivity index (χ2n) is 6.48. The van der Waals surface area contributed by atoms with Gasteiger partial charge in [-0.25, -0.2) is 9.50 Å². The molecule has 1 N–H and O–H groups in total. The molecule has 0 atom stereocenters. The number of nitrogens with zero attached hydrogens (tertiary/aromatic N) is 3. The number of rotatable bonds is 6. The van der Waals surface area contributed by atoms with E-state index in [1.165, 1.54) is 0 Å². The number of benzene rings is 2. The molecule has 2 aromatic carbocycles. The third-order valence-electron chi connectivity index (χ3n) is 4.55. The van der Waals surface area contributed by atoms with E-state index in [0.29, 0.717) is 35.1 Å². The number of amides is 1. The minimum absolute atomic E-state index is 0.214. The molecular formula is C22H19ClN4O2. The number of aryl methyl sites for hydroxylation is 1. The SMILES string of the molecule is Cc1c(C(=O)NCCOc2ccccc2)cnc2c(-c3cccc(Cl)c3)cnn12. The molecule has 146 valence electrons. The van der Waals surface area contributed by atoms with Gasteiger partial charge in [0.1, 0.15) is 12.4 Å². The minimum Gasteiger partial charge on any atom is -0.492 e. The molecule has 0 radical (unpaired) electrons. The smallest absolute Gasteiger partial charge is 0.254 e. The molecule has 0 unspecified atom stereocenters. The summed E-state index contributed by atoms with van der Waals surface area (Å²) in [4.78, 5) is 17.0. The largest absolute Gasteiger partial charge is 0.492 e. The molecule has 0 aliphatic rings. The summed E-state index contributed by atoms with van der Waals surface area (Å²) >= 11 is 6.10. The normalized spacial score (nSPS) is 10.8. The first-order valence-electron chi connectivity index (χ1n) is 9.19. The highest BCUT2D eigenvalue weighted by Gasteiger charge is 2.16. The first kappa shape index (κ1) is 19.0. The number of fused-ring (bicyclic) bond motifs is 1. The van der Waals surface area contributed by atoms with E-state index in [0.717, 1.165) is 16.9 Å². The summed E-state index contributed by atoms with van der Waals surface area (Å²) in [6.45, 7) is 2.61. The lowest BCUT2D eigenvalue weighted by atomic mass is 10.1. The highest BCUT2D eigenvalue weighted by molar-refractivity contribution is 6.30. The maximum atomic E-state index is 12.6. The zero-order chi connectivity index (χ0) is 20.2. The summed E-state index contributed by atoms with van der Waals surface area (Å²) in [5, 5.41) is 7.91. The van der Waals surface area contributed by atoms with Gasteiger partial charge in [-0.15, -0.1) is 0 Å². The van der Waals surface area contributed by atoms with Crippen LogP contribution in [0.1, 0.15) is 16.1 Å². The van der Waals surface area contributed by atoms with Crippen LogP contribution in [0.3, 0.4) is 0 Å². The Bertz CT molecular complexity index is 1160. The van der Waals surface area contributed by atoms with Gasteiger partial charge in [0.05, 0.1) is 24.0 Å². The van der Waals surface area contributed by atoms with Crippen molar-refractivity contribution in [2.45, 2.75) is 6.92 Å². The quantitative estimate of drug-likeness (QED) is 0.488. The number of nitrogens with one attached hydrogen (secondary N) is 1. The Morgan fingerprint density at radius 3 is 2.76 bits per heavy atom. The monoisotopic (exact) mass is 406 g/mol. The fourth-order valence-electron chi connectivity index (χ4n) is 3.07. The van der Waals surface area contributed by atoms with E-state index >= 15 is 0 Å². The lowest BCUT2D eigenvalue weighted by Gasteiger charge is -2.10. The Hall–Kier alpha value is -3.38. The molecule has 0 saturated carbocycles. The number of aromatic nitrogens is 3. The van der Waals surface area contributed by atoms with Gasteiger partial charge in [-0.2, -0.15) is 5.10 Å². The summed E-state index contributed by atoms with van der Waals surface area (Å²) in [5.74, 6) is 0.555. The van der Waals surface area contributed by atoms with E-state index in [1.54, 1.807) is 16.9 Å². The molecule has 0 saturated heterocycles. The van der Waals surface area contributed by atoms with E-state index in [-0.39, 0.29) is 5.91 Å². The van der Waals surface area contributed by atoms with Crippen LogP contribution in [-0.2, 0) is 0 Å². The van der Waals surface area contributed by atoms with Crippen LogP contribution in [0.5, 0.6) is 5.75 Å². The van der Waals surface area contributed by atoms with E-state index < -0.39 is 0 Å². The standard InChI is InChI=1S/C22H19ClN4O2/c1-15-19(22(28)24-10-11-29-18-8-3-2-4-9-18)13-25-21-20(14-26-27(15)21)16-6-5-7-17(23)12-16/h2-9,12-14H,10-11H2,1H3,(H,24,28). The van der Waals surface area contributed by atoms with Crippen molar-refractivity contribution in [3.05, 3.63) is 83.3 Å². The van der Waals surface area contributed by atoms with E-state index in [4.69, 9.17) is 16.3 Å². The molecule has 0 fully saturated rings. The van der Waals surface area contributed by atoms with Crippen molar-refractivity contribution in [3.8, 4) is 16.9 Å². The number of hydrogen-bond acceptors (Lipinski definition) is 4.